The normalized spacial score (nSPS) is 10.3. The number of aromatic hydroxyl groups is 1. The predicted octanol–water partition coefficient (Wildman–Crippen LogP) is 0.680. The van der Waals surface area contributed by atoms with Crippen LogP contribution in [-0.2, 0) is 13.6 Å². The summed E-state index contributed by atoms with van der Waals surface area (Å²) in [5.41, 5.74) is 6.58. The van der Waals surface area contributed by atoms with Crippen LogP contribution in [0.1, 0.15) is 5.56 Å². The van der Waals surface area contributed by atoms with E-state index in [0.29, 0.717) is 11.3 Å². The molecule has 0 aliphatic carbocycles. The minimum Gasteiger partial charge on any atom is -0.508 e. The fraction of sp³-hybridized carbons (Fsp3) is 0.167. The number of phenolic OH excluding ortho intramolecular Hbond substituents is 1. The Bertz CT molecular complexity index is 622. The number of aromatic nitrogens is 2. The number of nitrogens with one attached hydrogen (secondary N) is 1. The lowest BCUT2D eigenvalue weighted by Gasteiger charge is -2.08. The number of nitrogens with two attached hydrogens (primary N) is 1. The van der Waals surface area contributed by atoms with Gasteiger partial charge in [-0.25, -0.2) is 4.98 Å². The largest absolute Gasteiger partial charge is 0.508 e. The van der Waals surface area contributed by atoms with Crippen molar-refractivity contribution in [1.82, 2.24) is 9.55 Å². The van der Waals surface area contributed by atoms with Gasteiger partial charge in [0, 0.05) is 37.2 Å². The van der Waals surface area contributed by atoms with E-state index in [1.54, 1.807) is 25.4 Å². The first-order chi connectivity index (χ1) is 8.58. The maximum atomic E-state index is 11.7. The lowest BCUT2D eigenvalue weighted by Crippen LogP contribution is -2.21. The smallest absolute Gasteiger partial charge is 0.293 e. The lowest BCUT2D eigenvalue weighted by molar-refractivity contribution is 0.469. The second-order valence-electron chi connectivity index (χ2n) is 3.93. The molecule has 1 aromatic carbocycles. The molecule has 6 nitrogen and oxygen atoms in total. The van der Waals surface area contributed by atoms with Gasteiger partial charge >= 0.3 is 0 Å². The van der Waals surface area contributed by atoms with E-state index in [1.165, 1.54) is 16.8 Å². The van der Waals surface area contributed by atoms with E-state index < -0.39 is 0 Å². The topological polar surface area (TPSA) is 93.2 Å². The van der Waals surface area contributed by atoms with E-state index in [1.807, 2.05) is 0 Å². The highest BCUT2D eigenvalue weighted by atomic mass is 16.3. The van der Waals surface area contributed by atoms with Crippen molar-refractivity contribution in [3.63, 3.8) is 0 Å². The van der Waals surface area contributed by atoms with Gasteiger partial charge in [-0.15, -0.1) is 0 Å². The Kier molecular flexibility index (Phi) is 3.18. The molecule has 0 atom stereocenters. The summed E-state index contributed by atoms with van der Waals surface area (Å²) < 4.78 is 1.43. The molecule has 2 aromatic rings. The molecule has 0 fully saturated rings. The first kappa shape index (κ1) is 12.0. The molecular formula is C12H14N4O2. The highest BCUT2D eigenvalue weighted by Crippen LogP contribution is 2.20. The molecular weight excluding hydrogens is 232 g/mol. The molecule has 0 radical (unpaired) electrons. The molecule has 4 N–H and O–H groups in total. The second kappa shape index (κ2) is 4.79. The summed E-state index contributed by atoms with van der Waals surface area (Å²) in [4.78, 5) is 15.6. The minimum atomic E-state index is -0.221. The van der Waals surface area contributed by atoms with Gasteiger partial charge in [0.05, 0.1) is 0 Å². The number of nitrogens with zero attached hydrogens (tertiary/aromatic N) is 2. The van der Waals surface area contributed by atoms with Crippen LogP contribution >= 0.6 is 0 Å². The first-order valence-electron chi connectivity index (χ1n) is 5.41. The highest BCUT2D eigenvalue weighted by Gasteiger charge is 2.05. The van der Waals surface area contributed by atoms with Gasteiger partial charge < -0.3 is 20.7 Å². The Labute approximate surface area is 104 Å². The van der Waals surface area contributed by atoms with Crippen LogP contribution in [0.25, 0.3) is 0 Å². The van der Waals surface area contributed by atoms with Crippen molar-refractivity contribution in [2.45, 2.75) is 6.54 Å². The molecule has 0 aliphatic heterocycles. The van der Waals surface area contributed by atoms with Crippen molar-refractivity contribution < 1.29 is 5.11 Å². The molecule has 2 rings (SSSR count). The standard InChI is InChI=1S/C12H14N4O2/c1-16-5-4-14-11(12(16)18)15-7-8-6-9(13)2-3-10(8)17/h2-6,17H,7,13H2,1H3,(H,14,15). The third-order valence-electron chi connectivity index (χ3n) is 2.57. The number of nitrogen functional groups attached to an aromatic ring is 1. The SMILES string of the molecule is Cn1ccnc(NCc2cc(N)ccc2O)c1=O. The third-order valence-corrected chi connectivity index (χ3v) is 2.57. The monoisotopic (exact) mass is 246 g/mol. The Balaban J connectivity index is 2.19. The maximum absolute atomic E-state index is 11.7. The van der Waals surface area contributed by atoms with E-state index >= 15 is 0 Å². The first-order valence-corrected chi connectivity index (χ1v) is 5.41. The van der Waals surface area contributed by atoms with Crippen LogP contribution in [0.4, 0.5) is 11.5 Å². The number of hydrogen-bond acceptors (Lipinski definition) is 5. The van der Waals surface area contributed by atoms with Crippen LogP contribution in [0.5, 0.6) is 5.75 Å². The number of anilines is 2. The van der Waals surface area contributed by atoms with Crippen molar-refractivity contribution in [1.29, 1.82) is 0 Å². The zero-order valence-electron chi connectivity index (χ0n) is 9.92. The van der Waals surface area contributed by atoms with Gasteiger partial charge in [0.25, 0.3) is 5.56 Å². The lowest BCUT2D eigenvalue weighted by atomic mass is 10.2. The Morgan fingerprint density at radius 1 is 1.50 bits per heavy atom. The van der Waals surface area contributed by atoms with Gasteiger partial charge in [-0.3, -0.25) is 4.79 Å². The quantitative estimate of drug-likeness (QED) is 0.547. The van der Waals surface area contributed by atoms with E-state index in [2.05, 4.69) is 10.3 Å². The summed E-state index contributed by atoms with van der Waals surface area (Å²) in [6, 6.07) is 4.78. The van der Waals surface area contributed by atoms with Crippen molar-refractivity contribution in [3.05, 3.63) is 46.5 Å². The van der Waals surface area contributed by atoms with Crippen molar-refractivity contribution in [2.24, 2.45) is 7.05 Å². The Morgan fingerprint density at radius 2 is 2.28 bits per heavy atom. The second-order valence-corrected chi connectivity index (χ2v) is 3.93. The number of aryl methyl sites for hydroxylation is 1. The fourth-order valence-electron chi connectivity index (χ4n) is 1.55. The Hall–Kier alpha value is -2.50. The van der Waals surface area contributed by atoms with Crippen molar-refractivity contribution >= 4 is 11.5 Å². The van der Waals surface area contributed by atoms with Crippen LogP contribution in [0.3, 0.4) is 0 Å². The molecule has 0 amide bonds. The molecule has 0 aliphatic rings. The van der Waals surface area contributed by atoms with Crippen LogP contribution in [-0.4, -0.2) is 14.7 Å². The van der Waals surface area contributed by atoms with Crippen molar-refractivity contribution in [3.8, 4) is 5.75 Å². The summed E-state index contributed by atoms with van der Waals surface area (Å²) >= 11 is 0. The molecule has 0 bridgehead atoms. The van der Waals surface area contributed by atoms with Gasteiger partial charge in [0.1, 0.15) is 5.75 Å². The van der Waals surface area contributed by atoms with Crippen LogP contribution in [0.15, 0.2) is 35.4 Å². The predicted molar refractivity (Wildman–Crippen MR) is 69.3 cm³/mol. The molecule has 0 unspecified atom stereocenters. The summed E-state index contributed by atoms with van der Waals surface area (Å²) in [6.45, 7) is 0.281. The van der Waals surface area contributed by atoms with Gasteiger partial charge in [0.15, 0.2) is 5.82 Å². The number of benzene rings is 1. The number of phenols is 1. The average Bonchev–Trinajstić information content (AvgIpc) is 2.35. The summed E-state index contributed by atoms with van der Waals surface area (Å²) in [6.07, 6.45) is 3.11. The molecule has 1 aromatic heterocycles. The van der Waals surface area contributed by atoms with E-state index in [0.717, 1.165) is 0 Å². The van der Waals surface area contributed by atoms with Crippen molar-refractivity contribution in [2.75, 3.05) is 11.1 Å². The molecule has 0 saturated heterocycles. The fourth-order valence-corrected chi connectivity index (χ4v) is 1.55. The molecule has 0 spiro atoms. The summed E-state index contributed by atoms with van der Waals surface area (Å²) in [5, 5.41) is 12.5. The van der Waals surface area contributed by atoms with Gasteiger partial charge in [0.2, 0.25) is 0 Å². The summed E-state index contributed by atoms with van der Waals surface area (Å²) in [7, 11) is 1.65. The highest BCUT2D eigenvalue weighted by molar-refractivity contribution is 5.48. The Morgan fingerprint density at radius 3 is 3.06 bits per heavy atom. The van der Waals surface area contributed by atoms with E-state index in [9.17, 15) is 9.90 Å². The average molecular weight is 246 g/mol. The molecule has 18 heavy (non-hydrogen) atoms. The minimum absolute atomic E-state index is 0.129. The van der Waals surface area contributed by atoms with Crippen LogP contribution in [0.2, 0.25) is 0 Å². The van der Waals surface area contributed by atoms with E-state index in [4.69, 9.17) is 5.73 Å². The molecule has 0 saturated carbocycles. The van der Waals surface area contributed by atoms with Crippen LogP contribution in [0, 0.1) is 0 Å². The molecule has 1 heterocycles. The molecule has 6 heteroatoms. The molecule has 94 valence electrons. The number of rotatable bonds is 3. The zero-order chi connectivity index (χ0) is 13.1. The summed E-state index contributed by atoms with van der Waals surface area (Å²) in [5.74, 6) is 0.367. The van der Waals surface area contributed by atoms with Crippen LogP contribution < -0.4 is 16.6 Å². The zero-order valence-corrected chi connectivity index (χ0v) is 9.92. The third kappa shape index (κ3) is 2.42. The number of hydrogen-bond donors (Lipinski definition) is 3. The maximum Gasteiger partial charge on any atom is 0.293 e. The van der Waals surface area contributed by atoms with E-state index in [-0.39, 0.29) is 23.7 Å². The van der Waals surface area contributed by atoms with Gasteiger partial charge in [-0.05, 0) is 18.2 Å². The van der Waals surface area contributed by atoms with Gasteiger partial charge in [-0.1, -0.05) is 0 Å². The van der Waals surface area contributed by atoms with Gasteiger partial charge in [-0.2, -0.15) is 0 Å².